The highest BCUT2D eigenvalue weighted by Gasteiger charge is 2.31. The Bertz CT molecular complexity index is 638. The predicted octanol–water partition coefficient (Wildman–Crippen LogP) is 3.52. The van der Waals surface area contributed by atoms with Crippen molar-refractivity contribution in [1.29, 1.82) is 0 Å². The predicted molar refractivity (Wildman–Crippen MR) is 69.3 cm³/mol. The minimum atomic E-state index is -4.38. The van der Waals surface area contributed by atoms with E-state index in [9.17, 15) is 13.2 Å². The van der Waals surface area contributed by atoms with Crippen molar-refractivity contribution < 1.29 is 13.2 Å². The highest BCUT2D eigenvalue weighted by molar-refractivity contribution is 5.66. The van der Waals surface area contributed by atoms with Crippen LogP contribution in [0, 0.1) is 0 Å². The molecule has 6 heteroatoms. The van der Waals surface area contributed by atoms with Gasteiger partial charge in [0, 0.05) is 36.3 Å². The number of hydrogen-bond donors (Lipinski definition) is 1. The molecule has 0 spiro atoms. The SMILES string of the molecule is FC(F)(F)c1cncc(-c2cnc3c(c2)CCCN3)c1. The highest BCUT2D eigenvalue weighted by atomic mass is 19.4. The van der Waals surface area contributed by atoms with Crippen molar-refractivity contribution >= 4 is 5.82 Å². The Kier molecular flexibility index (Phi) is 3.08. The number of halogens is 3. The summed E-state index contributed by atoms with van der Waals surface area (Å²) in [5.74, 6) is 0.819. The minimum Gasteiger partial charge on any atom is -0.370 e. The third kappa shape index (κ3) is 2.45. The van der Waals surface area contributed by atoms with Gasteiger partial charge in [-0.3, -0.25) is 4.98 Å². The summed E-state index contributed by atoms with van der Waals surface area (Å²) < 4.78 is 38.1. The minimum absolute atomic E-state index is 0.431. The van der Waals surface area contributed by atoms with Gasteiger partial charge in [-0.15, -0.1) is 0 Å². The van der Waals surface area contributed by atoms with Crippen LogP contribution in [0.3, 0.4) is 0 Å². The number of nitrogens with one attached hydrogen (secondary N) is 1. The summed E-state index contributed by atoms with van der Waals surface area (Å²) in [7, 11) is 0. The third-order valence-electron chi connectivity index (χ3n) is 3.28. The van der Waals surface area contributed by atoms with Gasteiger partial charge in [0.15, 0.2) is 0 Å². The van der Waals surface area contributed by atoms with Crippen LogP contribution in [0.25, 0.3) is 11.1 Å². The smallest absolute Gasteiger partial charge is 0.370 e. The summed E-state index contributed by atoms with van der Waals surface area (Å²) in [5.41, 5.74) is 1.38. The van der Waals surface area contributed by atoms with E-state index >= 15 is 0 Å². The molecule has 1 N–H and O–H groups in total. The van der Waals surface area contributed by atoms with Gasteiger partial charge < -0.3 is 5.32 Å². The van der Waals surface area contributed by atoms with E-state index in [0.717, 1.165) is 43.0 Å². The summed E-state index contributed by atoms with van der Waals surface area (Å²) in [6.45, 7) is 0.879. The number of rotatable bonds is 1. The van der Waals surface area contributed by atoms with E-state index in [2.05, 4.69) is 15.3 Å². The van der Waals surface area contributed by atoms with Crippen molar-refractivity contribution in [1.82, 2.24) is 9.97 Å². The third-order valence-corrected chi connectivity index (χ3v) is 3.28. The van der Waals surface area contributed by atoms with Crippen molar-refractivity contribution in [3.8, 4) is 11.1 Å². The average Bonchev–Trinajstić information content (AvgIpc) is 2.46. The second-order valence-corrected chi connectivity index (χ2v) is 4.72. The molecular formula is C14H12F3N3. The van der Waals surface area contributed by atoms with Gasteiger partial charge in [0.1, 0.15) is 5.82 Å². The lowest BCUT2D eigenvalue weighted by atomic mass is 10.0. The standard InChI is InChI=1S/C14H12F3N3/c15-14(16,17)12-5-11(6-18-8-12)10-4-9-2-1-3-19-13(9)20-7-10/h4-8H,1-3H2,(H,19,20). The number of hydrogen-bond acceptors (Lipinski definition) is 3. The maximum Gasteiger partial charge on any atom is 0.417 e. The van der Waals surface area contributed by atoms with Crippen molar-refractivity contribution in [2.45, 2.75) is 19.0 Å². The van der Waals surface area contributed by atoms with Crippen LogP contribution in [0.1, 0.15) is 17.5 Å². The Morgan fingerprint density at radius 1 is 1.05 bits per heavy atom. The number of fused-ring (bicyclic) bond motifs is 1. The molecule has 0 saturated carbocycles. The first-order valence-electron chi connectivity index (χ1n) is 6.29. The number of alkyl halides is 3. The molecule has 1 aliphatic rings. The molecule has 0 aliphatic carbocycles. The first-order valence-corrected chi connectivity index (χ1v) is 6.29. The summed E-state index contributed by atoms with van der Waals surface area (Å²) in [4.78, 5) is 7.94. The van der Waals surface area contributed by atoms with E-state index in [1.54, 1.807) is 6.20 Å². The Balaban J connectivity index is 2.01. The van der Waals surface area contributed by atoms with Crippen molar-refractivity contribution in [2.24, 2.45) is 0 Å². The van der Waals surface area contributed by atoms with E-state index in [0.29, 0.717) is 11.1 Å². The van der Waals surface area contributed by atoms with Crippen molar-refractivity contribution in [3.05, 3.63) is 41.9 Å². The fraction of sp³-hybridized carbons (Fsp3) is 0.286. The van der Waals surface area contributed by atoms with E-state index in [-0.39, 0.29) is 0 Å². The molecule has 0 atom stereocenters. The van der Waals surface area contributed by atoms with Crippen molar-refractivity contribution in [2.75, 3.05) is 11.9 Å². The zero-order valence-electron chi connectivity index (χ0n) is 10.5. The molecule has 3 nitrogen and oxygen atoms in total. The molecule has 104 valence electrons. The van der Waals surface area contributed by atoms with Gasteiger partial charge in [-0.2, -0.15) is 13.2 Å². The summed E-state index contributed by atoms with van der Waals surface area (Å²) in [6, 6.07) is 2.98. The van der Waals surface area contributed by atoms with E-state index in [1.165, 1.54) is 6.20 Å². The first kappa shape index (κ1) is 12.9. The van der Waals surface area contributed by atoms with Crippen LogP contribution in [0.2, 0.25) is 0 Å². The lowest BCUT2D eigenvalue weighted by Crippen LogP contribution is -2.13. The van der Waals surface area contributed by atoms with Crippen LogP contribution in [0.15, 0.2) is 30.7 Å². The van der Waals surface area contributed by atoms with Crippen LogP contribution >= 0.6 is 0 Å². The molecule has 3 heterocycles. The molecule has 2 aromatic heterocycles. The molecule has 3 rings (SSSR count). The molecule has 20 heavy (non-hydrogen) atoms. The maximum absolute atomic E-state index is 12.7. The van der Waals surface area contributed by atoms with E-state index in [1.807, 2.05) is 6.07 Å². The molecule has 0 radical (unpaired) electrons. The molecule has 0 bridgehead atoms. The Hall–Kier alpha value is -2.11. The normalized spacial score (nSPS) is 14.6. The van der Waals surface area contributed by atoms with Crippen LogP contribution in [-0.4, -0.2) is 16.5 Å². The zero-order chi connectivity index (χ0) is 14.2. The first-order chi connectivity index (χ1) is 9.54. The Labute approximate surface area is 113 Å². The summed E-state index contributed by atoms with van der Waals surface area (Å²) in [5, 5.41) is 3.17. The highest BCUT2D eigenvalue weighted by Crippen LogP contribution is 2.32. The number of anilines is 1. The molecule has 0 aromatic carbocycles. The zero-order valence-corrected chi connectivity index (χ0v) is 10.5. The monoisotopic (exact) mass is 279 g/mol. The average molecular weight is 279 g/mol. The molecule has 0 fully saturated rings. The van der Waals surface area contributed by atoms with Crippen LogP contribution < -0.4 is 5.32 Å². The molecule has 0 saturated heterocycles. The number of nitrogens with zero attached hydrogens (tertiary/aromatic N) is 2. The van der Waals surface area contributed by atoms with Gasteiger partial charge in [-0.1, -0.05) is 0 Å². The van der Waals surface area contributed by atoms with Crippen molar-refractivity contribution in [3.63, 3.8) is 0 Å². The van der Waals surface area contributed by atoms with Gasteiger partial charge >= 0.3 is 6.18 Å². The molecule has 0 unspecified atom stereocenters. The van der Waals surface area contributed by atoms with Gasteiger partial charge in [-0.05, 0) is 30.5 Å². The summed E-state index contributed by atoms with van der Waals surface area (Å²) in [6.07, 6.45) is 1.33. The Morgan fingerprint density at radius 3 is 2.65 bits per heavy atom. The Morgan fingerprint density at radius 2 is 1.85 bits per heavy atom. The fourth-order valence-electron chi connectivity index (χ4n) is 2.26. The van der Waals surface area contributed by atoms with E-state index < -0.39 is 11.7 Å². The van der Waals surface area contributed by atoms with Gasteiger partial charge in [0.05, 0.1) is 5.56 Å². The molecule has 2 aromatic rings. The second kappa shape index (κ2) is 4.77. The topological polar surface area (TPSA) is 37.8 Å². The van der Waals surface area contributed by atoms with Crippen LogP contribution in [-0.2, 0) is 12.6 Å². The lowest BCUT2D eigenvalue weighted by Gasteiger charge is -2.17. The number of aromatic nitrogens is 2. The second-order valence-electron chi connectivity index (χ2n) is 4.72. The lowest BCUT2D eigenvalue weighted by molar-refractivity contribution is -0.137. The van der Waals surface area contributed by atoms with Gasteiger partial charge in [-0.25, -0.2) is 4.98 Å². The number of pyridine rings is 2. The van der Waals surface area contributed by atoms with Crippen LogP contribution in [0.5, 0.6) is 0 Å². The van der Waals surface area contributed by atoms with Gasteiger partial charge in [0.2, 0.25) is 0 Å². The number of aryl methyl sites for hydroxylation is 1. The quantitative estimate of drug-likeness (QED) is 0.868. The largest absolute Gasteiger partial charge is 0.417 e. The van der Waals surface area contributed by atoms with Gasteiger partial charge in [0.25, 0.3) is 0 Å². The molecule has 1 aliphatic heterocycles. The maximum atomic E-state index is 12.7. The van der Waals surface area contributed by atoms with Crippen LogP contribution in [0.4, 0.5) is 19.0 Å². The fourth-order valence-corrected chi connectivity index (χ4v) is 2.26. The molecule has 0 amide bonds. The summed E-state index contributed by atoms with van der Waals surface area (Å²) >= 11 is 0. The molecular weight excluding hydrogens is 267 g/mol. The van der Waals surface area contributed by atoms with E-state index in [4.69, 9.17) is 0 Å².